The molecule has 148 valence electrons. The Labute approximate surface area is 166 Å². The van der Waals surface area contributed by atoms with E-state index in [1.165, 1.54) is 11.6 Å². The second-order valence-electron chi connectivity index (χ2n) is 6.67. The number of allylic oxidation sites excluding steroid dienone is 1. The first-order chi connectivity index (χ1) is 14.1. The highest BCUT2D eigenvalue weighted by molar-refractivity contribution is 5.74. The molecule has 8 heteroatoms. The largest absolute Gasteiger partial charge is 0.467 e. The van der Waals surface area contributed by atoms with Crippen molar-refractivity contribution >= 4 is 23.2 Å². The molecule has 4 rings (SSSR count). The van der Waals surface area contributed by atoms with E-state index in [-0.39, 0.29) is 5.56 Å². The number of rotatable bonds is 6. The number of aromatic nitrogens is 4. The average Bonchev–Trinajstić information content (AvgIpc) is 3.38. The Morgan fingerprint density at radius 1 is 1.07 bits per heavy atom. The molecule has 0 bridgehead atoms. The highest BCUT2D eigenvalue weighted by Crippen LogP contribution is 2.17. The molecular formula is C21H21N5O3. The Bertz CT molecular complexity index is 1280. The second-order valence-corrected chi connectivity index (χ2v) is 6.67. The Kier molecular flexibility index (Phi) is 4.90. The van der Waals surface area contributed by atoms with Crippen LogP contribution in [0.15, 0.2) is 68.8 Å². The van der Waals surface area contributed by atoms with E-state index < -0.39 is 5.69 Å². The number of hydrogen-bond donors (Lipinski definition) is 1. The van der Waals surface area contributed by atoms with Crippen molar-refractivity contribution in [2.75, 3.05) is 5.32 Å². The summed E-state index contributed by atoms with van der Waals surface area (Å²) < 4.78 is 9.61. The SMILES string of the molecule is Cn1c(=O)c2c(nc(NCc3ccco3)n2CC=Cc2ccccc2)n(C)c1=O. The maximum Gasteiger partial charge on any atom is 0.332 e. The number of hydrogen-bond acceptors (Lipinski definition) is 5. The van der Waals surface area contributed by atoms with Crippen molar-refractivity contribution in [3.63, 3.8) is 0 Å². The average molecular weight is 391 g/mol. The van der Waals surface area contributed by atoms with Gasteiger partial charge in [0.15, 0.2) is 11.2 Å². The van der Waals surface area contributed by atoms with Gasteiger partial charge >= 0.3 is 5.69 Å². The highest BCUT2D eigenvalue weighted by atomic mass is 16.3. The lowest BCUT2D eigenvalue weighted by atomic mass is 10.2. The number of nitrogens with one attached hydrogen (secondary N) is 1. The maximum absolute atomic E-state index is 12.8. The fourth-order valence-corrected chi connectivity index (χ4v) is 3.20. The van der Waals surface area contributed by atoms with E-state index in [1.54, 1.807) is 17.9 Å². The highest BCUT2D eigenvalue weighted by Gasteiger charge is 2.18. The molecule has 29 heavy (non-hydrogen) atoms. The number of aryl methyl sites for hydroxylation is 1. The third-order valence-electron chi connectivity index (χ3n) is 4.75. The molecule has 0 spiro atoms. The van der Waals surface area contributed by atoms with Crippen LogP contribution in [0.25, 0.3) is 17.2 Å². The Hall–Kier alpha value is -3.81. The molecule has 4 aromatic rings. The predicted molar refractivity (Wildman–Crippen MR) is 112 cm³/mol. The summed E-state index contributed by atoms with van der Waals surface area (Å²) in [6.07, 6.45) is 5.54. The smallest absolute Gasteiger partial charge is 0.332 e. The molecule has 0 saturated carbocycles. The molecule has 1 N–H and O–H groups in total. The molecule has 3 heterocycles. The first kappa shape index (κ1) is 18.5. The van der Waals surface area contributed by atoms with Crippen LogP contribution in [0, 0.1) is 0 Å². The second kappa shape index (κ2) is 7.67. The van der Waals surface area contributed by atoms with Crippen molar-refractivity contribution in [3.05, 3.63) is 87.0 Å². The van der Waals surface area contributed by atoms with Crippen molar-refractivity contribution in [2.24, 2.45) is 14.1 Å². The molecule has 8 nitrogen and oxygen atoms in total. The monoisotopic (exact) mass is 391 g/mol. The van der Waals surface area contributed by atoms with Crippen LogP contribution in [-0.4, -0.2) is 18.7 Å². The molecule has 0 atom stereocenters. The van der Waals surface area contributed by atoms with Crippen LogP contribution in [-0.2, 0) is 27.2 Å². The van der Waals surface area contributed by atoms with Gasteiger partial charge in [-0.05, 0) is 17.7 Å². The molecule has 1 aromatic carbocycles. The minimum Gasteiger partial charge on any atom is -0.467 e. The van der Waals surface area contributed by atoms with Gasteiger partial charge < -0.3 is 14.3 Å². The van der Waals surface area contributed by atoms with Crippen molar-refractivity contribution in [2.45, 2.75) is 13.1 Å². The summed E-state index contributed by atoms with van der Waals surface area (Å²) in [5.41, 5.74) is 0.976. The summed E-state index contributed by atoms with van der Waals surface area (Å²) in [5, 5.41) is 3.21. The fourth-order valence-electron chi connectivity index (χ4n) is 3.20. The number of nitrogens with zero attached hydrogens (tertiary/aromatic N) is 4. The maximum atomic E-state index is 12.8. The first-order valence-corrected chi connectivity index (χ1v) is 9.20. The number of fused-ring (bicyclic) bond motifs is 1. The zero-order valence-electron chi connectivity index (χ0n) is 16.2. The number of furan rings is 1. The van der Waals surface area contributed by atoms with Crippen LogP contribution < -0.4 is 16.6 Å². The molecule has 0 unspecified atom stereocenters. The van der Waals surface area contributed by atoms with Gasteiger partial charge in [0, 0.05) is 20.6 Å². The Balaban J connectivity index is 1.77. The van der Waals surface area contributed by atoms with E-state index in [2.05, 4.69) is 10.3 Å². The van der Waals surface area contributed by atoms with Gasteiger partial charge in [0.1, 0.15) is 5.76 Å². The van der Waals surface area contributed by atoms with E-state index in [0.717, 1.165) is 15.9 Å². The fraction of sp³-hybridized carbons (Fsp3) is 0.190. The zero-order valence-corrected chi connectivity index (χ0v) is 16.2. The Morgan fingerprint density at radius 3 is 2.59 bits per heavy atom. The summed E-state index contributed by atoms with van der Waals surface area (Å²) in [6.45, 7) is 0.826. The van der Waals surface area contributed by atoms with E-state index in [9.17, 15) is 9.59 Å². The van der Waals surface area contributed by atoms with Gasteiger partial charge in [-0.15, -0.1) is 0 Å². The lowest BCUT2D eigenvalue weighted by molar-refractivity contribution is 0.517. The lowest BCUT2D eigenvalue weighted by Gasteiger charge is -2.08. The van der Waals surface area contributed by atoms with Crippen molar-refractivity contribution in [1.29, 1.82) is 0 Å². The van der Waals surface area contributed by atoms with Gasteiger partial charge in [-0.2, -0.15) is 4.98 Å². The van der Waals surface area contributed by atoms with E-state index >= 15 is 0 Å². The quantitative estimate of drug-likeness (QED) is 0.545. The predicted octanol–water partition coefficient (Wildman–Crippen LogP) is 2.35. The first-order valence-electron chi connectivity index (χ1n) is 9.20. The molecule has 0 aliphatic heterocycles. The minimum absolute atomic E-state index is 0.341. The van der Waals surface area contributed by atoms with E-state index in [4.69, 9.17) is 4.42 Å². The van der Waals surface area contributed by atoms with Crippen LogP contribution in [0.2, 0.25) is 0 Å². The molecule has 0 radical (unpaired) electrons. The summed E-state index contributed by atoms with van der Waals surface area (Å²) >= 11 is 0. The molecule has 0 aliphatic carbocycles. The third kappa shape index (κ3) is 3.52. The minimum atomic E-state index is -0.412. The summed E-state index contributed by atoms with van der Waals surface area (Å²) in [5.74, 6) is 1.23. The van der Waals surface area contributed by atoms with Gasteiger partial charge in [0.05, 0.1) is 12.8 Å². The molecule has 0 amide bonds. The van der Waals surface area contributed by atoms with Gasteiger partial charge in [-0.1, -0.05) is 42.5 Å². The molecule has 3 aromatic heterocycles. The van der Waals surface area contributed by atoms with Crippen LogP contribution in [0.5, 0.6) is 0 Å². The molecule has 0 fully saturated rings. The summed E-state index contributed by atoms with van der Waals surface area (Å²) in [6, 6.07) is 13.6. The van der Waals surface area contributed by atoms with Crippen LogP contribution in [0.1, 0.15) is 11.3 Å². The number of benzene rings is 1. The standard InChI is InChI=1S/C21H21N5O3/c1-24-18-17(19(27)25(2)21(24)28)26(12-6-10-15-8-4-3-5-9-15)20(23-18)22-14-16-11-7-13-29-16/h3-11,13H,12,14H2,1-2H3,(H,22,23). The van der Waals surface area contributed by atoms with Crippen molar-refractivity contribution in [3.8, 4) is 0 Å². The number of anilines is 1. The van der Waals surface area contributed by atoms with Crippen LogP contribution in [0.3, 0.4) is 0 Å². The van der Waals surface area contributed by atoms with E-state index in [1.807, 2.05) is 54.6 Å². The van der Waals surface area contributed by atoms with E-state index in [0.29, 0.717) is 30.2 Å². The van der Waals surface area contributed by atoms with Crippen molar-refractivity contribution in [1.82, 2.24) is 18.7 Å². The topological polar surface area (TPSA) is 87.0 Å². The molecule has 0 aliphatic rings. The van der Waals surface area contributed by atoms with Gasteiger partial charge in [-0.3, -0.25) is 13.9 Å². The Morgan fingerprint density at radius 2 is 1.86 bits per heavy atom. The summed E-state index contributed by atoms with van der Waals surface area (Å²) in [4.78, 5) is 29.6. The van der Waals surface area contributed by atoms with Gasteiger partial charge in [0.2, 0.25) is 5.95 Å². The van der Waals surface area contributed by atoms with Crippen molar-refractivity contribution < 1.29 is 4.42 Å². The van der Waals surface area contributed by atoms with Gasteiger partial charge in [0.25, 0.3) is 5.56 Å². The summed E-state index contributed by atoms with van der Waals surface area (Å²) in [7, 11) is 3.08. The third-order valence-corrected chi connectivity index (χ3v) is 4.75. The van der Waals surface area contributed by atoms with Crippen LogP contribution in [0.4, 0.5) is 5.95 Å². The van der Waals surface area contributed by atoms with Crippen LogP contribution >= 0.6 is 0 Å². The molecule has 0 saturated heterocycles. The zero-order chi connectivity index (χ0) is 20.4. The number of imidazole rings is 1. The molecular weight excluding hydrogens is 370 g/mol. The lowest BCUT2D eigenvalue weighted by Crippen LogP contribution is -2.37. The van der Waals surface area contributed by atoms with Gasteiger partial charge in [-0.25, -0.2) is 4.79 Å². The normalized spacial score (nSPS) is 11.5.